The van der Waals surface area contributed by atoms with Crippen LogP contribution in [0.1, 0.15) is 44.9 Å². The van der Waals surface area contributed by atoms with Crippen LogP contribution >= 0.6 is 11.5 Å². The Morgan fingerprint density at radius 1 is 1.53 bits per heavy atom. The molecule has 94 valence electrons. The smallest absolute Gasteiger partial charge is 0.202 e. The molecule has 2 fully saturated rings. The van der Waals surface area contributed by atoms with Gasteiger partial charge in [0.1, 0.15) is 5.82 Å². The van der Waals surface area contributed by atoms with Gasteiger partial charge in [-0.15, -0.1) is 0 Å². The molecule has 0 bridgehead atoms. The number of aromatic nitrogens is 2. The Morgan fingerprint density at radius 3 is 3.06 bits per heavy atom. The zero-order chi connectivity index (χ0) is 11.7. The van der Waals surface area contributed by atoms with Crippen molar-refractivity contribution in [1.29, 1.82) is 0 Å². The number of hydrogen-bond acceptors (Lipinski definition) is 5. The van der Waals surface area contributed by atoms with Gasteiger partial charge in [-0.2, -0.15) is 4.37 Å². The van der Waals surface area contributed by atoms with Crippen LogP contribution in [-0.2, 0) is 6.42 Å². The number of piperidine rings is 1. The SMILES string of the molecule is CCc1nsc(NC2CCNC3(CCC3)C2)n1. The minimum atomic E-state index is 0.453. The summed E-state index contributed by atoms with van der Waals surface area (Å²) in [6, 6.07) is 0.578. The molecule has 2 aliphatic rings. The van der Waals surface area contributed by atoms with Crippen LogP contribution in [0.2, 0.25) is 0 Å². The molecule has 2 heterocycles. The van der Waals surface area contributed by atoms with Crippen molar-refractivity contribution in [1.82, 2.24) is 14.7 Å². The fraction of sp³-hybridized carbons (Fsp3) is 0.833. The summed E-state index contributed by atoms with van der Waals surface area (Å²) in [5.41, 5.74) is 0.453. The second-order valence-corrected chi connectivity index (χ2v) is 6.02. The molecule has 17 heavy (non-hydrogen) atoms. The van der Waals surface area contributed by atoms with Crippen molar-refractivity contribution >= 4 is 16.7 Å². The molecular weight excluding hydrogens is 232 g/mol. The summed E-state index contributed by atoms with van der Waals surface area (Å²) in [6.07, 6.45) is 7.45. The third-order valence-electron chi connectivity index (χ3n) is 4.05. The molecule has 2 N–H and O–H groups in total. The molecule has 0 aromatic carbocycles. The number of aryl methyl sites for hydroxylation is 1. The van der Waals surface area contributed by atoms with Gasteiger partial charge in [0.05, 0.1) is 0 Å². The van der Waals surface area contributed by atoms with E-state index >= 15 is 0 Å². The lowest BCUT2D eigenvalue weighted by Crippen LogP contribution is -2.58. The highest BCUT2D eigenvalue weighted by molar-refractivity contribution is 7.09. The van der Waals surface area contributed by atoms with E-state index in [9.17, 15) is 0 Å². The highest BCUT2D eigenvalue weighted by atomic mass is 32.1. The Balaban J connectivity index is 1.60. The molecule has 3 rings (SSSR count). The van der Waals surface area contributed by atoms with Gasteiger partial charge < -0.3 is 10.6 Å². The van der Waals surface area contributed by atoms with Crippen molar-refractivity contribution in [3.05, 3.63) is 5.82 Å². The van der Waals surface area contributed by atoms with Crippen LogP contribution in [0.4, 0.5) is 5.13 Å². The topological polar surface area (TPSA) is 49.8 Å². The molecule has 1 aliphatic heterocycles. The lowest BCUT2D eigenvalue weighted by atomic mass is 9.70. The van der Waals surface area contributed by atoms with E-state index < -0.39 is 0 Å². The molecule has 1 aromatic rings. The van der Waals surface area contributed by atoms with Gasteiger partial charge in [0.15, 0.2) is 0 Å². The lowest BCUT2D eigenvalue weighted by molar-refractivity contribution is 0.135. The number of hydrogen-bond donors (Lipinski definition) is 2. The van der Waals surface area contributed by atoms with Crippen LogP contribution in [0.3, 0.4) is 0 Å². The lowest BCUT2D eigenvalue weighted by Gasteiger charge is -2.48. The number of nitrogens with one attached hydrogen (secondary N) is 2. The number of nitrogens with zero attached hydrogens (tertiary/aromatic N) is 2. The first kappa shape index (κ1) is 11.4. The van der Waals surface area contributed by atoms with Crippen LogP contribution in [0.15, 0.2) is 0 Å². The normalized spacial score (nSPS) is 26.8. The first-order valence-electron chi connectivity index (χ1n) is 6.64. The van der Waals surface area contributed by atoms with Crippen LogP contribution in [-0.4, -0.2) is 27.5 Å². The molecular formula is C12H20N4S. The van der Waals surface area contributed by atoms with E-state index in [4.69, 9.17) is 0 Å². The van der Waals surface area contributed by atoms with E-state index in [0.29, 0.717) is 11.6 Å². The Kier molecular flexibility index (Phi) is 3.04. The average Bonchev–Trinajstić information content (AvgIpc) is 2.75. The van der Waals surface area contributed by atoms with E-state index in [0.717, 1.165) is 23.9 Å². The van der Waals surface area contributed by atoms with E-state index in [1.807, 2.05) is 0 Å². The summed E-state index contributed by atoms with van der Waals surface area (Å²) in [5.74, 6) is 0.963. The minimum Gasteiger partial charge on any atom is -0.357 e. The first-order valence-corrected chi connectivity index (χ1v) is 7.41. The van der Waals surface area contributed by atoms with Crippen molar-refractivity contribution in [2.45, 2.75) is 57.0 Å². The molecule has 1 saturated heterocycles. The summed E-state index contributed by atoms with van der Waals surface area (Å²) >= 11 is 1.50. The largest absolute Gasteiger partial charge is 0.357 e. The molecule has 1 aromatic heterocycles. The summed E-state index contributed by atoms with van der Waals surface area (Å²) < 4.78 is 4.32. The van der Waals surface area contributed by atoms with Crippen molar-refractivity contribution < 1.29 is 0 Å². The molecule has 5 heteroatoms. The van der Waals surface area contributed by atoms with Gasteiger partial charge in [-0.3, -0.25) is 0 Å². The Labute approximate surface area is 106 Å². The molecule has 0 amide bonds. The van der Waals surface area contributed by atoms with E-state index in [1.54, 1.807) is 0 Å². The van der Waals surface area contributed by atoms with Gasteiger partial charge in [-0.25, -0.2) is 4.98 Å². The molecule has 1 atom stereocenters. The van der Waals surface area contributed by atoms with Crippen molar-refractivity contribution in [3.8, 4) is 0 Å². The summed E-state index contributed by atoms with van der Waals surface area (Å²) in [7, 11) is 0. The van der Waals surface area contributed by atoms with E-state index in [-0.39, 0.29) is 0 Å². The third kappa shape index (κ3) is 2.31. The second-order valence-electron chi connectivity index (χ2n) is 5.26. The van der Waals surface area contributed by atoms with Crippen LogP contribution in [0.5, 0.6) is 0 Å². The van der Waals surface area contributed by atoms with Crippen molar-refractivity contribution in [2.75, 3.05) is 11.9 Å². The highest BCUT2D eigenvalue weighted by Crippen LogP contribution is 2.39. The standard InChI is InChI=1S/C12H20N4S/c1-2-10-15-11(17-16-10)14-9-4-7-13-12(8-9)5-3-6-12/h9,13H,2-8H2,1H3,(H,14,15,16). The Bertz CT molecular complexity index is 386. The Morgan fingerprint density at radius 2 is 2.41 bits per heavy atom. The average molecular weight is 252 g/mol. The maximum atomic E-state index is 4.49. The van der Waals surface area contributed by atoms with Gasteiger partial charge in [0.25, 0.3) is 0 Å². The summed E-state index contributed by atoms with van der Waals surface area (Å²) in [5, 5.41) is 8.26. The van der Waals surface area contributed by atoms with Gasteiger partial charge in [0, 0.05) is 29.5 Å². The molecule has 1 saturated carbocycles. The molecule has 4 nitrogen and oxygen atoms in total. The fourth-order valence-corrected chi connectivity index (χ4v) is 3.62. The van der Waals surface area contributed by atoms with E-state index in [1.165, 1.54) is 43.6 Å². The zero-order valence-corrected chi connectivity index (χ0v) is 11.1. The van der Waals surface area contributed by atoms with Gasteiger partial charge >= 0.3 is 0 Å². The summed E-state index contributed by atoms with van der Waals surface area (Å²) in [4.78, 5) is 4.49. The molecule has 1 aliphatic carbocycles. The van der Waals surface area contributed by atoms with Crippen LogP contribution in [0, 0.1) is 0 Å². The van der Waals surface area contributed by atoms with Gasteiger partial charge in [-0.05, 0) is 38.6 Å². The van der Waals surface area contributed by atoms with Gasteiger partial charge in [-0.1, -0.05) is 6.92 Å². The molecule has 1 spiro atoms. The number of anilines is 1. The van der Waals surface area contributed by atoms with Crippen molar-refractivity contribution in [2.24, 2.45) is 0 Å². The van der Waals surface area contributed by atoms with Crippen LogP contribution < -0.4 is 10.6 Å². The molecule has 0 radical (unpaired) electrons. The number of rotatable bonds is 3. The quantitative estimate of drug-likeness (QED) is 0.866. The predicted molar refractivity (Wildman–Crippen MR) is 70.5 cm³/mol. The zero-order valence-electron chi connectivity index (χ0n) is 10.3. The van der Waals surface area contributed by atoms with E-state index in [2.05, 4.69) is 26.9 Å². The first-order chi connectivity index (χ1) is 8.30. The maximum Gasteiger partial charge on any atom is 0.202 e. The minimum absolute atomic E-state index is 0.453. The predicted octanol–water partition coefficient (Wildman–Crippen LogP) is 2.19. The summed E-state index contributed by atoms with van der Waals surface area (Å²) in [6.45, 7) is 3.23. The third-order valence-corrected chi connectivity index (χ3v) is 4.74. The van der Waals surface area contributed by atoms with Gasteiger partial charge in [0.2, 0.25) is 5.13 Å². The fourth-order valence-electron chi connectivity index (χ4n) is 2.90. The maximum absolute atomic E-state index is 4.49. The molecule has 1 unspecified atom stereocenters. The monoisotopic (exact) mass is 252 g/mol. The highest BCUT2D eigenvalue weighted by Gasteiger charge is 2.40. The van der Waals surface area contributed by atoms with Crippen molar-refractivity contribution in [3.63, 3.8) is 0 Å². The van der Waals surface area contributed by atoms with Crippen LogP contribution in [0.25, 0.3) is 0 Å². The Hall–Kier alpha value is -0.680. The second kappa shape index (κ2) is 4.53.